The minimum absolute atomic E-state index is 0.665. The third kappa shape index (κ3) is 3.06. The number of β-amino-alcohol motifs (C(OH)–C–C–N with tert-alkyl or cyclic N) is 1. The van der Waals surface area contributed by atoms with Crippen molar-refractivity contribution in [1.29, 1.82) is 0 Å². The van der Waals surface area contributed by atoms with Gasteiger partial charge in [0, 0.05) is 13.1 Å². The Morgan fingerprint density at radius 1 is 1.41 bits per heavy atom. The fourth-order valence-corrected chi connectivity index (χ4v) is 2.46. The highest BCUT2D eigenvalue weighted by Crippen LogP contribution is 2.28. The van der Waals surface area contributed by atoms with Gasteiger partial charge in [0.15, 0.2) is 0 Å². The fourth-order valence-electron chi connectivity index (χ4n) is 2.46. The van der Waals surface area contributed by atoms with Crippen molar-refractivity contribution >= 4 is 0 Å². The number of rotatable bonds is 3. The Bertz CT molecular complexity index is 370. The molecule has 0 spiro atoms. The van der Waals surface area contributed by atoms with Crippen molar-refractivity contribution in [3.05, 3.63) is 35.4 Å². The van der Waals surface area contributed by atoms with Crippen molar-refractivity contribution in [3.8, 4) is 0 Å². The Morgan fingerprint density at radius 3 is 2.88 bits per heavy atom. The van der Waals surface area contributed by atoms with Crippen molar-refractivity contribution in [2.75, 3.05) is 27.2 Å². The second-order valence-corrected chi connectivity index (χ2v) is 5.25. The molecule has 3 heteroatoms. The maximum absolute atomic E-state index is 10.6. The number of piperidine rings is 1. The highest BCUT2D eigenvalue weighted by Gasteiger charge is 2.31. The summed E-state index contributed by atoms with van der Waals surface area (Å²) in [5.74, 6) is 0. The summed E-state index contributed by atoms with van der Waals surface area (Å²) in [6, 6.07) is 8.32. The van der Waals surface area contributed by atoms with Crippen LogP contribution in [0.3, 0.4) is 0 Å². The summed E-state index contributed by atoms with van der Waals surface area (Å²) in [5.41, 5.74) is 1.62. The zero-order valence-electron chi connectivity index (χ0n) is 10.7. The Hall–Kier alpha value is -0.900. The van der Waals surface area contributed by atoms with Gasteiger partial charge in [-0.05, 0) is 44.6 Å². The lowest BCUT2D eigenvalue weighted by atomic mass is 9.86. The smallest absolute Gasteiger partial charge is 0.102 e. The maximum atomic E-state index is 10.6. The lowest BCUT2D eigenvalue weighted by molar-refractivity contribution is 0.0122. The summed E-state index contributed by atoms with van der Waals surface area (Å²) >= 11 is 0. The Kier molecular flexibility index (Phi) is 3.82. The molecule has 1 aromatic rings. The van der Waals surface area contributed by atoms with E-state index in [-0.39, 0.29) is 0 Å². The zero-order valence-corrected chi connectivity index (χ0v) is 10.7. The molecule has 0 amide bonds. The molecule has 94 valence electrons. The van der Waals surface area contributed by atoms with Crippen LogP contribution < -0.4 is 5.32 Å². The van der Waals surface area contributed by atoms with Crippen LogP contribution in [0.1, 0.15) is 24.0 Å². The van der Waals surface area contributed by atoms with Crippen LogP contribution >= 0.6 is 0 Å². The summed E-state index contributed by atoms with van der Waals surface area (Å²) in [7, 11) is 4.12. The van der Waals surface area contributed by atoms with Crippen molar-refractivity contribution < 1.29 is 5.11 Å². The van der Waals surface area contributed by atoms with Gasteiger partial charge < -0.3 is 15.3 Å². The first-order valence-electron chi connectivity index (χ1n) is 6.27. The van der Waals surface area contributed by atoms with E-state index in [1.54, 1.807) is 0 Å². The molecule has 0 radical (unpaired) electrons. The van der Waals surface area contributed by atoms with Gasteiger partial charge in [-0.25, -0.2) is 0 Å². The number of nitrogens with zero attached hydrogens (tertiary/aromatic N) is 1. The van der Waals surface area contributed by atoms with Crippen molar-refractivity contribution in [3.63, 3.8) is 0 Å². The van der Waals surface area contributed by atoms with Crippen LogP contribution in [0.5, 0.6) is 0 Å². The lowest BCUT2D eigenvalue weighted by Crippen LogP contribution is -2.43. The van der Waals surface area contributed by atoms with Crippen LogP contribution in [-0.2, 0) is 12.1 Å². The van der Waals surface area contributed by atoms with Crippen LogP contribution in [0.15, 0.2) is 24.3 Å². The first-order chi connectivity index (χ1) is 8.10. The first kappa shape index (κ1) is 12.6. The van der Waals surface area contributed by atoms with Crippen LogP contribution in [-0.4, -0.2) is 37.2 Å². The molecule has 0 aromatic heterocycles. The standard InChI is InChI=1S/C14H22N2O/c1-16(2)10-12-5-3-6-13(9-12)14(17)7-4-8-15-11-14/h3,5-6,9,15,17H,4,7-8,10-11H2,1-2H3. The molecule has 1 aliphatic heterocycles. The molecule has 1 aliphatic rings. The van der Waals surface area contributed by atoms with Crippen LogP contribution in [0.4, 0.5) is 0 Å². The van der Waals surface area contributed by atoms with E-state index in [0.29, 0.717) is 6.54 Å². The molecule has 0 saturated carbocycles. The molecule has 1 saturated heterocycles. The average molecular weight is 234 g/mol. The van der Waals surface area contributed by atoms with Crippen molar-refractivity contribution in [2.45, 2.75) is 25.0 Å². The number of hydrogen-bond acceptors (Lipinski definition) is 3. The van der Waals surface area contributed by atoms with E-state index in [0.717, 1.165) is 31.5 Å². The fraction of sp³-hybridized carbons (Fsp3) is 0.571. The van der Waals surface area contributed by atoms with Crippen LogP contribution in [0, 0.1) is 0 Å². The molecule has 1 heterocycles. The largest absolute Gasteiger partial charge is 0.384 e. The molecule has 2 rings (SSSR count). The maximum Gasteiger partial charge on any atom is 0.102 e. The van der Waals surface area contributed by atoms with E-state index >= 15 is 0 Å². The monoisotopic (exact) mass is 234 g/mol. The lowest BCUT2D eigenvalue weighted by Gasteiger charge is -2.33. The molecular formula is C14H22N2O. The number of hydrogen-bond donors (Lipinski definition) is 2. The van der Waals surface area contributed by atoms with E-state index in [2.05, 4.69) is 36.4 Å². The minimum Gasteiger partial charge on any atom is -0.384 e. The summed E-state index contributed by atoms with van der Waals surface area (Å²) in [6.45, 7) is 2.59. The predicted octanol–water partition coefficient (Wildman–Crippen LogP) is 1.32. The Morgan fingerprint density at radius 2 is 2.24 bits per heavy atom. The van der Waals surface area contributed by atoms with Gasteiger partial charge in [-0.2, -0.15) is 0 Å². The zero-order chi connectivity index (χ0) is 12.3. The highest BCUT2D eigenvalue weighted by molar-refractivity contribution is 5.29. The van der Waals surface area contributed by atoms with Crippen molar-refractivity contribution in [1.82, 2.24) is 10.2 Å². The first-order valence-corrected chi connectivity index (χ1v) is 6.27. The molecule has 1 aromatic carbocycles. The van der Waals surface area contributed by atoms with E-state index < -0.39 is 5.60 Å². The van der Waals surface area contributed by atoms with Gasteiger partial charge >= 0.3 is 0 Å². The van der Waals surface area contributed by atoms with Crippen LogP contribution in [0.25, 0.3) is 0 Å². The second kappa shape index (κ2) is 5.17. The van der Waals surface area contributed by atoms with E-state index in [1.165, 1.54) is 5.56 Å². The third-order valence-electron chi connectivity index (χ3n) is 3.32. The molecule has 1 atom stereocenters. The predicted molar refractivity (Wildman–Crippen MR) is 69.8 cm³/mol. The van der Waals surface area contributed by atoms with E-state index in [1.807, 2.05) is 12.1 Å². The summed E-state index contributed by atoms with van der Waals surface area (Å²) < 4.78 is 0. The highest BCUT2D eigenvalue weighted by atomic mass is 16.3. The summed E-state index contributed by atoms with van der Waals surface area (Å²) in [4.78, 5) is 2.14. The summed E-state index contributed by atoms with van der Waals surface area (Å²) in [6.07, 6.45) is 1.89. The summed E-state index contributed by atoms with van der Waals surface area (Å²) in [5, 5.41) is 13.9. The molecular weight excluding hydrogens is 212 g/mol. The van der Waals surface area contributed by atoms with Gasteiger partial charge in [0.1, 0.15) is 5.60 Å². The van der Waals surface area contributed by atoms with E-state index in [4.69, 9.17) is 0 Å². The van der Waals surface area contributed by atoms with Crippen molar-refractivity contribution in [2.24, 2.45) is 0 Å². The Labute approximate surface area is 103 Å². The number of aliphatic hydroxyl groups is 1. The molecule has 1 fully saturated rings. The van der Waals surface area contributed by atoms with Gasteiger partial charge in [0.25, 0.3) is 0 Å². The quantitative estimate of drug-likeness (QED) is 0.828. The molecule has 2 N–H and O–H groups in total. The average Bonchev–Trinajstić information content (AvgIpc) is 2.29. The molecule has 0 bridgehead atoms. The van der Waals surface area contributed by atoms with E-state index in [9.17, 15) is 5.11 Å². The minimum atomic E-state index is -0.680. The van der Waals surface area contributed by atoms with Gasteiger partial charge in [-0.15, -0.1) is 0 Å². The van der Waals surface area contributed by atoms with Gasteiger partial charge in [-0.1, -0.05) is 24.3 Å². The number of benzene rings is 1. The molecule has 3 nitrogen and oxygen atoms in total. The molecule has 0 aliphatic carbocycles. The Balaban J connectivity index is 2.19. The topological polar surface area (TPSA) is 35.5 Å². The van der Waals surface area contributed by atoms with Gasteiger partial charge in [-0.3, -0.25) is 0 Å². The molecule has 17 heavy (non-hydrogen) atoms. The normalized spacial score (nSPS) is 25.2. The number of nitrogens with one attached hydrogen (secondary N) is 1. The van der Waals surface area contributed by atoms with Gasteiger partial charge in [0.2, 0.25) is 0 Å². The molecule has 1 unspecified atom stereocenters. The second-order valence-electron chi connectivity index (χ2n) is 5.25. The third-order valence-corrected chi connectivity index (χ3v) is 3.32. The SMILES string of the molecule is CN(C)Cc1cccc(C2(O)CCCNC2)c1. The van der Waals surface area contributed by atoms with Crippen LogP contribution in [0.2, 0.25) is 0 Å². The van der Waals surface area contributed by atoms with Gasteiger partial charge in [0.05, 0.1) is 0 Å².